The number of carbonyl (C=O) groups excluding carboxylic acids is 2. The first-order valence-corrected chi connectivity index (χ1v) is 5.82. The molecule has 1 aliphatic carbocycles. The highest BCUT2D eigenvalue weighted by Crippen LogP contribution is 2.32. The van der Waals surface area contributed by atoms with E-state index in [2.05, 4.69) is 10.6 Å². The highest BCUT2D eigenvalue weighted by Gasteiger charge is 2.29. The Kier molecular flexibility index (Phi) is 3.33. The fourth-order valence-electron chi connectivity index (χ4n) is 1.48. The first-order valence-electron chi connectivity index (χ1n) is 5.44. The van der Waals surface area contributed by atoms with Gasteiger partial charge in [0.1, 0.15) is 0 Å². The van der Waals surface area contributed by atoms with Crippen LogP contribution in [-0.2, 0) is 9.59 Å². The Bertz CT molecular complexity index is 470. The summed E-state index contributed by atoms with van der Waals surface area (Å²) in [5.74, 6) is -0.0471. The molecule has 17 heavy (non-hydrogen) atoms. The molecule has 90 valence electrons. The third-order valence-corrected chi connectivity index (χ3v) is 2.82. The molecule has 0 radical (unpaired) electrons. The van der Waals surface area contributed by atoms with E-state index in [1.165, 1.54) is 6.92 Å². The third kappa shape index (κ3) is 3.20. The van der Waals surface area contributed by atoms with E-state index in [4.69, 9.17) is 11.6 Å². The molecule has 2 amide bonds. The van der Waals surface area contributed by atoms with E-state index in [0.717, 1.165) is 12.8 Å². The maximum absolute atomic E-state index is 11.6. The average molecular weight is 253 g/mol. The van der Waals surface area contributed by atoms with Gasteiger partial charge in [0, 0.05) is 18.5 Å². The van der Waals surface area contributed by atoms with Gasteiger partial charge in [0.05, 0.1) is 10.7 Å². The van der Waals surface area contributed by atoms with Crippen molar-refractivity contribution in [3.63, 3.8) is 0 Å². The second-order valence-corrected chi connectivity index (χ2v) is 4.55. The summed E-state index contributed by atoms with van der Waals surface area (Å²) in [4.78, 5) is 22.5. The van der Waals surface area contributed by atoms with Gasteiger partial charge >= 0.3 is 0 Å². The lowest BCUT2D eigenvalue weighted by molar-refractivity contribution is -0.117. The van der Waals surface area contributed by atoms with E-state index in [1.807, 2.05) is 0 Å². The summed E-state index contributed by atoms with van der Waals surface area (Å²) in [7, 11) is 0. The van der Waals surface area contributed by atoms with E-state index in [-0.39, 0.29) is 17.7 Å². The fourth-order valence-corrected chi connectivity index (χ4v) is 1.65. The Balaban J connectivity index is 2.13. The number of hydrogen-bond donors (Lipinski definition) is 2. The predicted molar refractivity (Wildman–Crippen MR) is 67.1 cm³/mol. The summed E-state index contributed by atoms with van der Waals surface area (Å²) in [6.45, 7) is 1.43. The summed E-state index contributed by atoms with van der Waals surface area (Å²) in [5.41, 5.74) is 1.16. The van der Waals surface area contributed by atoms with Gasteiger partial charge in [-0.05, 0) is 31.0 Å². The first-order chi connectivity index (χ1) is 8.06. The zero-order valence-corrected chi connectivity index (χ0v) is 10.2. The minimum absolute atomic E-state index is 0.00752. The van der Waals surface area contributed by atoms with Crippen molar-refractivity contribution >= 4 is 34.8 Å². The minimum Gasteiger partial charge on any atom is -0.326 e. The second-order valence-electron chi connectivity index (χ2n) is 4.14. The lowest BCUT2D eigenvalue weighted by atomic mass is 10.2. The van der Waals surface area contributed by atoms with Crippen LogP contribution in [0, 0.1) is 5.92 Å². The zero-order chi connectivity index (χ0) is 12.4. The van der Waals surface area contributed by atoms with Gasteiger partial charge in [0.2, 0.25) is 11.8 Å². The molecule has 0 unspecified atom stereocenters. The van der Waals surface area contributed by atoms with E-state index >= 15 is 0 Å². The molecule has 2 N–H and O–H groups in total. The standard InChI is InChI=1S/C12H13ClN2O2/c1-7(16)14-9-4-5-10(13)11(6-9)15-12(17)8-2-3-8/h4-6,8H,2-3H2,1H3,(H,14,16)(H,15,17). The fraction of sp³-hybridized carbons (Fsp3) is 0.333. The second kappa shape index (κ2) is 4.75. The van der Waals surface area contributed by atoms with Crippen LogP contribution in [0.25, 0.3) is 0 Å². The molecule has 0 aromatic heterocycles. The van der Waals surface area contributed by atoms with Crippen molar-refractivity contribution in [1.29, 1.82) is 0 Å². The summed E-state index contributed by atoms with van der Waals surface area (Å²) >= 11 is 5.97. The van der Waals surface area contributed by atoms with Crippen LogP contribution in [0.3, 0.4) is 0 Å². The summed E-state index contributed by atoms with van der Waals surface area (Å²) in [6, 6.07) is 5.00. The highest BCUT2D eigenvalue weighted by molar-refractivity contribution is 6.33. The zero-order valence-electron chi connectivity index (χ0n) is 9.42. The number of carbonyl (C=O) groups is 2. The van der Waals surface area contributed by atoms with Crippen LogP contribution in [0.4, 0.5) is 11.4 Å². The van der Waals surface area contributed by atoms with Crippen molar-refractivity contribution < 1.29 is 9.59 Å². The quantitative estimate of drug-likeness (QED) is 0.869. The Hall–Kier alpha value is -1.55. The Morgan fingerprint density at radius 1 is 1.29 bits per heavy atom. The molecule has 0 aliphatic heterocycles. The highest BCUT2D eigenvalue weighted by atomic mass is 35.5. The molecule has 1 aromatic carbocycles. The van der Waals surface area contributed by atoms with Crippen LogP contribution in [0.1, 0.15) is 19.8 Å². The average Bonchev–Trinajstić information content (AvgIpc) is 3.05. The number of amides is 2. The van der Waals surface area contributed by atoms with Gasteiger partial charge in [-0.25, -0.2) is 0 Å². The molecule has 0 atom stereocenters. The van der Waals surface area contributed by atoms with Crippen molar-refractivity contribution in [2.75, 3.05) is 10.6 Å². The van der Waals surface area contributed by atoms with Crippen molar-refractivity contribution in [2.45, 2.75) is 19.8 Å². The molecule has 4 nitrogen and oxygen atoms in total. The van der Waals surface area contributed by atoms with Gasteiger partial charge in [0.25, 0.3) is 0 Å². The number of halogens is 1. The summed E-state index contributed by atoms with van der Waals surface area (Å²) in [6.07, 6.45) is 1.88. The van der Waals surface area contributed by atoms with Crippen LogP contribution >= 0.6 is 11.6 Å². The van der Waals surface area contributed by atoms with Crippen molar-refractivity contribution in [3.8, 4) is 0 Å². The van der Waals surface area contributed by atoms with Gasteiger partial charge in [-0.2, -0.15) is 0 Å². The third-order valence-electron chi connectivity index (χ3n) is 2.49. The van der Waals surface area contributed by atoms with Crippen LogP contribution in [0.2, 0.25) is 5.02 Å². The van der Waals surface area contributed by atoms with E-state index in [9.17, 15) is 9.59 Å². The topological polar surface area (TPSA) is 58.2 Å². The molecule has 0 saturated heterocycles. The molecule has 1 fully saturated rings. The Morgan fingerprint density at radius 3 is 2.59 bits per heavy atom. The van der Waals surface area contributed by atoms with Crippen LogP contribution in [0.5, 0.6) is 0 Å². The molecular weight excluding hydrogens is 240 g/mol. The molecule has 1 aromatic rings. The largest absolute Gasteiger partial charge is 0.326 e. The Labute approximate surface area is 104 Å². The monoisotopic (exact) mass is 252 g/mol. The predicted octanol–water partition coefficient (Wildman–Crippen LogP) is 2.65. The van der Waals surface area contributed by atoms with Gasteiger partial charge in [-0.3, -0.25) is 9.59 Å². The number of nitrogens with one attached hydrogen (secondary N) is 2. The van der Waals surface area contributed by atoms with Crippen LogP contribution in [0.15, 0.2) is 18.2 Å². The molecule has 0 heterocycles. The van der Waals surface area contributed by atoms with Crippen LogP contribution in [-0.4, -0.2) is 11.8 Å². The molecule has 5 heteroatoms. The lowest BCUT2D eigenvalue weighted by Gasteiger charge is -2.09. The number of hydrogen-bond acceptors (Lipinski definition) is 2. The number of rotatable bonds is 3. The first kappa shape index (κ1) is 11.9. The molecule has 2 rings (SSSR count). The van der Waals surface area contributed by atoms with E-state index in [1.54, 1.807) is 18.2 Å². The summed E-state index contributed by atoms with van der Waals surface area (Å²) in [5, 5.41) is 5.87. The molecule has 0 spiro atoms. The summed E-state index contributed by atoms with van der Waals surface area (Å²) < 4.78 is 0. The maximum atomic E-state index is 11.6. The molecule has 1 aliphatic rings. The SMILES string of the molecule is CC(=O)Nc1ccc(Cl)c(NC(=O)C2CC2)c1. The van der Waals surface area contributed by atoms with Gasteiger partial charge in [-0.15, -0.1) is 0 Å². The lowest BCUT2D eigenvalue weighted by Crippen LogP contribution is -2.14. The van der Waals surface area contributed by atoms with Crippen molar-refractivity contribution in [2.24, 2.45) is 5.92 Å². The molecule has 0 bridgehead atoms. The van der Waals surface area contributed by atoms with Gasteiger partial charge in [0.15, 0.2) is 0 Å². The number of benzene rings is 1. The van der Waals surface area contributed by atoms with Crippen LogP contribution < -0.4 is 10.6 Å². The van der Waals surface area contributed by atoms with Crippen molar-refractivity contribution in [1.82, 2.24) is 0 Å². The van der Waals surface area contributed by atoms with E-state index in [0.29, 0.717) is 16.4 Å². The molecular formula is C12H13ClN2O2. The maximum Gasteiger partial charge on any atom is 0.227 e. The van der Waals surface area contributed by atoms with Gasteiger partial charge < -0.3 is 10.6 Å². The minimum atomic E-state index is -0.160. The number of anilines is 2. The molecule has 1 saturated carbocycles. The van der Waals surface area contributed by atoms with Gasteiger partial charge in [-0.1, -0.05) is 11.6 Å². The smallest absolute Gasteiger partial charge is 0.227 e. The van der Waals surface area contributed by atoms with E-state index < -0.39 is 0 Å². The Morgan fingerprint density at radius 2 is 2.00 bits per heavy atom. The van der Waals surface area contributed by atoms with Crippen molar-refractivity contribution in [3.05, 3.63) is 23.2 Å². The normalized spacial score (nSPS) is 14.2.